The number of amides is 1. The number of nitrogens with one attached hydrogen (secondary N) is 1. The van der Waals surface area contributed by atoms with Gasteiger partial charge in [0.25, 0.3) is 5.91 Å². The van der Waals surface area contributed by atoms with Gasteiger partial charge in [-0.05, 0) is 42.3 Å². The molecular formula is C22H22N2O. The van der Waals surface area contributed by atoms with Crippen LogP contribution in [0.3, 0.4) is 0 Å². The Hall–Kier alpha value is -3.07. The van der Waals surface area contributed by atoms with E-state index in [9.17, 15) is 4.79 Å². The average molecular weight is 330 g/mol. The molecule has 0 saturated carbocycles. The molecule has 3 heteroatoms. The zero-order valence-corrected chi connectivity index (χ0v) is 14.6. The first-order chi connectivity index (χ1) is 12.2. The molecule has 0 aliphatic heterocycles. The maximum absolute atomic E-state index is 12.8. The van der Waals surface area contributed by atoms with Crippen molar-refractivity contribution in [3.8, 4) is 11.1 Å². The molecule has 0 spiro atoms. The largest absolute Gasteiger partial charge is 0.375 e. The SMILES string of the molecule is CCN(C)c1cccc(NC(=O)c2ccccc2-c2ccccc2)c1. The van der Waals surface area contributed by atoms with E-state index in [-0.39, 0.29) is 5.91 Å². The molecule has 0 aliphatic rings. The molecule has 0 fully saturated rings. The molecule has 0 aliphatic carbocycles. The molecule has 1 amide bonds. The lowest BCUT2D eigenvalue weighted by molar-refractivity contribution is 0.102. The quantitative estimate of drug-likeness (QED) is 0.709. The first kappa shape index (κ1) is 16.8. The van der Waals surface area contributed by atoms with Gasteiger partial charge in [0.15, 0.2) is 0 Å². The Labute approximate surface area is 148 Å². The number of nitrogens with zero attached hydrogens (tertiary/aromatic N) is 1. The Balaban J connectivity index is 1.88. The molecule has 0 unspecified atom stereocenters. The van der Waals surface area contributed by atoms with Crippen molar-refractivity contribution < 1.29 is 4.79 Å². The van der Waals surface area contributed by atoms with Gasteiger partial charge in [0.2, 0.25) is 0 Å². The molecule has 0 atom stereocenters. The minimum Gasteiger partial charge on any atom is -0.375 e. The van der Waals surface area contributed by atoms with Crippen molar-refractivity contribution in [2.45, 2.75) is 6.92 Å². The lowest BCUT2D eigenvalue weighted by Gasteiger charge is -2.18. The van der Waals surface area contributed by atoms with Crippen LogP contribution in [0.1, 0.15) is 17.3 Å². The summed E-state index contributed by atoms with van der Waals surface area (Å²) in [5, 5.41) is 3.02. The number of anilines is 2. The number of carbonyl (C=O) groups excluding carboxylic acids is 1. The molecule has 3 nitrogen and oxygen atoms in total. The van der Waals surface area contributed by atoms with Crippen LogP contribution in [0, 0.1) is 0 Å². The van der Waals surface area contributed by atoms with Gasteiger partial charge < -0.3 is 10.2 Å². The van der Waals surface area contributed by atoms with E-state index in [0.29, 0.717) is 5.56 Å². The van der Waals surface area contributed by atoms with E-state index < -0.39 is 0 Å². The van der Waals surface area contributed by atoms with Gasteiger partial charge in [0.05, 0.1) is 0 Å². The first-order valence-corrected chi connectivity index (χ1v) is 8.46. The van der Waals surface area contributed by atoms with Gasteiger partial charge in [-0.2, -0.15) is 0 Å². The second-order valence-electron chi connectivity index (χ2n) is 5.93. The summed E-state index contributed by atoms with van der Waals surface area (Å²) in [7, 11) is 2.03. The third kappa shape index (κ3) is 3.89. The minimum atomic E-state index is -0.101. The maximum atomic E-state index is 12.8. The van der Waals surface area contributed by atoms with Gasteiger partial charge in [-0.3, -0.25) is 4.79 Å². The molecule has 126 valence electrons. The molecule has 0 heterocycles. The third-order valence-electron chi connectivity index (χ3n) is 4.28. The zero-order valence-electron chi connectivity index (χ0n) is 14.6. The lowest BCUT2D eigenvalue weighted by atomic mass is 9.99. The Morgan fingerprint density at radius 2 is 1.64 bits per heavy atom. The fourth-order valence-electron chi connectivity index (χ4n) is 2.75. The highest BCUT2D eigenvalue weighted by Crippen LogP contribution is 2.25. The van der Waals surface area contributed by atoms with Crippen molar-refractivity contribution >= 4 is 17.3 Å². The van der Waals surface area contributed by atoms with Gasteiger partial charge >= 0.3 is 0 Å². The monoisotopic (exact) mass is 330 g/mol. The average Bonchev–Trinajstić information content (AvgIpc) is 2.68. The van der Waals surface area contributed by atoms with E-state index in [4.69, 9.17) is 0 Å². The predicted molar refractivity (Wildman–Crippen MR) is 105 cm³/mol. The van der Waals surface area contributed by atoms with E-state index in [1.54, 1.807) is 0 Å². The van der Waals surface area contributed by atoms with Crippen LogP contribution in [-0.4, -0.2) is 19.5 Å². The number of benzene rings is 3. The van der Waals surface area contributed by atoms with Crippen LogP contribution in [-0.2, 0) is 0 Å². The summed E-state index contributed by atoms with van der Waals surface area (Å²) in [5.74, 6) is -0.101. The summed E-state index contributed by atoms with van der Waals surface area (Å²) in [6.07, 6.45) is 0. The van der Waals surface area contributed by atoms with Crippen LogP contribution in [0.15, 0.2) is 78.9 Å². The molecule has 3 aromatic rings. The first-order valence-electron chi connectivity index (χ1n) is 8.46. The van der Waals surface area contributed by atoms with Crippen LogP contribution in [0.25, 0.3) is 11.1 Å². The second-order valence-corrected chi connectivity index (χ2v) is 5.93. The van der Waals surface area contributed by atoms with Crippen molar-refractivity contribution in [3.63, 3.8) is 0 Å². The van der Waals surface area contributed by atoms with Crippen molar-refractivity contribution in [2.24, 2.45) is 0 Å². The number of rotatable bonds is 5. The summed E-state index contributed by atoms with van der Waals surface area (Å²) >= 11 is 0. The van der Waals surface area contributed by atoms with E-state index in [1.165, 1.54) is 0 Å². The number of hydrogen-bond donors (Lipinski definition) is 1. The summed E-state index contributed by atoms with van der Waals surface area (Å²) < 4.78 is 0. The Morgan fingerprint density at radius 3 is 2.40 bits per heavy atom. The molecular weight excluding hydrogens is 308 g/mol. The summed E-state index contributed by atoms with van der Waals surface area (Å²) in [5.41, 5.74) is 4.51. The van der Waals surface area contributed by atoms with Gasteiger partial charge in [-0.25, -0.2) is 0 Å². The number of carbonyl (C=O) groups is 1. The van der Waals surface area contributed by atoms with Gasteiger partial charge in [-0.1, -0.05) is 54.6 Å². The van der Waals surface area contributed by atoms with Crippen LogP contribution < -0.4 is 10.2 Å². The van der Waals surface area contributed by atoms with E-state index in [1.807, 2.05) is 85.9 Å². The molecule has 0 saturated heterocycles. The van der Waals surface area contributed by atoms with Crippen LogP contribution in [0.4, 0.5) is 11.4 Å². The maximum Gasteiger partial charge on any atom is 0.256 e. The highest BCUT2D eigenvalue weighted by Gasteiger charge is 2.12. The van der Waals surface area contributed by atoms with Crippen LogP contribution in [0.5, 0.6) is 0 Å². The van der Waals surface area contributed by atoms with Crippen LogP contribution >= 0.6 is 0 Å². The Bertz CT molecular complexity index is 859. The minimum absolute atomic E-state index is 0.101. The Morgan fingerprint density at radius 1 is 0.920 bits per heavy atom. The lowest BCUT2D eigenvalue weighted by Crippen LogP contribution is -2.17. The van der Waals surface area contributed by atoms with Crippen LogP contribution in [0.2, 0.25) is 0 Å². The third-order valence-corrected chi connectivity index (χ3v) is 4.28. The molecule has 0 bridgehead atoms. The fourth-order valence-corrected chi connectivity index (χ4v) is 2.75. The standard InChI is InChI=1S/C22H22N2O/c1-3-24(2)19-13-9-12-18(16-19)23-22(25)21-15-8-7-14-20(21)17-10-5-4-6-11-17/h4-16H,3H2,1-2H3,(H,23,25). The summed E-state index contributed by atoms with van der Waals surface area (Å²) in [6.45, 7) is 3.01. The highest BCUT2D eigenvalue weighted by atomic mass is 16.1. The molecule has 3 aromatic carbocycles. The molecule has 3 rings (SSSR count). The van der Waals surface area contributed by atoms with Gasteiger partial charge in [0.1, 0.15) is 0 Å². The van der Waals surface area contributed by atoms with E-state index >= 15 is 0 Å². The summed E-state index contributed by atoms with van der Waals surface area (Å²) in [6, 6.07) is 25.6. The normalized spacial score (nSPS) is 10.3. The highest BCUT2D eigenvalue weighted by molar-refractivity contribution is 6.08. The number of hydrogen-bond acceptors (Lipinski definition) is 2. The fraction of sp³-hybridized carbons (Fsp3) is 0.136. The van der Waals surface area contributed by atoms with Crippen molar-refractivity contribution in [1.82, 2.24) is 0 Å². The van der Waals surface area contributed by atoms with Gasteiger partial charge in [-0.15, -0.1) is 0 Å². The molecule has 1 N–H and O–H groups in total. The van der Waals surface area contributed by atoms with E-state index in [0.717, 1.165) is 29.0 Å². The molecule has 0 radical (unpaired) electrons. The smallest absolute Gasteiger partial charge is 0.256 e. The molecule has 0 aromatic heterocycles. The topological polar surface area (TPSA) is 32.3 Å². The van der Waals surface area contributed by atoms with Gasteiger partial charge in [0, 0.05) is 30.5 Å². The van der Waals surface area contributed by atoms with Crippen molar-refractivity contribution in [1.29, 1.82) is 0 Å². The molecule has 25 heavy (non-hydrogen) atoms. The summed E-state index contributed by atoms with van der Waals surface area (Å²) in [4.78, 5) is 15.0. The van der Waals surface area contributed by atoms with E-state index in [2.05, 4.69) is 17.1 Å². The van der Waals surface area contributed by atoms with Crippen molar-refractivity contribution in [3.05, 3.63) is 84.4 Å². The van der Waals surface area contributed by atoms with Crippen molar-refractivity contribution in [2.75, 3.05) is 23.8 Å². The predicted octanol–water partition coefficient (Wildman–Crippen LogP) is 5.06. The Kier molecular flexibility index (Phi) is 5.14. The second kappa shape index (κ2) is 7.67. The zero-order chi connectivity index (χ0) is 17.6.